The van der Waals surface area contributed by atoms with Crippen molar-refractivity contribution in [3.63, 3.8) is 0 Å². The number of hydrogen-bond acceptors (Lipinski definition) is 21. The zero-order valence-corrected chi connectivity index (χ0v) is 48.2. The standard InChI is InChI=1S/C54H71Cl2N9O19/c1-20(2)12-28(59-6)48(74)65-39-41(69)24-9-11-31(27(56)14-24)81-33-16-25-15-32(44(33)84-53-45(43(71)42(70)34(19-66)82-53)83-36-18-54(5,58)46(72)22(4)79-36)80-30-10-8-23(13-26(30)55)40(68)38(50(76)60-7)64-47(73)21(3)61-51(77)37(25)63-49(75)29(17-35(57)67)62-52(39)78/h8-11,13-16,20-22,28-29,34,36-43,45-46,53,59,66,68-72H,12,17-19,58H2,1-7H3,(H2,57,67)(H,60,76)(H,61,77)(H,62,78)(H,63,75)(H,64,73)(H,65,74)/t21-,22+,28-,29+,34-,36+,37-,38+,39?,40-,41-,42-,43+,45-,46-,53+,54+/m1/s1. The van der Waals surface area contributed by atoms with Gasteiger partial charge in [-0.15, -0.1) is 0 Å². The van der Waals surface area contributed by atoms with Crippen LogP contribution in [0.4, 0.5) is 0 Å². The number of likely N-dealkylation sites (N-methyl/N-ethyl adjacent to an activating group) is 2. The molecule has 6 aliphatic heterocycles. The first-order valence-electron chi connectivity index (χ1n) is 26.8. The van der Waals surface area contributed by atoms with Crippen molar-refractivity contribution in [3.05, 3.63) is 75.3 Å². The van der Waals surface area contributed by atoms with Gasteiger partial charge in [-0.3, -0.25) is 33.6 Å². The molecule has 3 aromatic carbocycles. The summed E-state index contributed by atoms with van der Waals surface area (Å²) in [6, 6.07) is -0.483. The molecule has 460 valence electrons. The number of aliphatic hydroxyl groups is 6. The number of primary amides is 1. The summed E-state index contributed by atoms with van der Waals surface area (Å²) in [5.41, 5.74) is 10.4. The number of ether oxygens (including phenoxy) is 6. The normalized spacial score (nSPS) is 31.6. The third-order valence-corrected chi connectivity index (χ3v) is 15.2. The highest BCUT2D eigenvalue weighted by atomic mass is 35.5. The molecule has 9 rings (SSSR count). The van der Waals surface area contributed by atoms with Gasteiger partial charge in [0.1, 0.15) is 72.2 Å². The minimum atomic E-state index is -2.06. The van der Waals surface area contributed by atoms with Gasteiger partial charge in [-0.05, 0) is 93.2 Å². The SMILES string of the molecule is CNC(=O)[C@H]1NC(=O)[C@@H](C)NC(=O)[C@@H]2NC(=O)[C@H](CC(N)=O)NC(=O)C(NC(=O)[C@@H](CC(C)C)NC)[C@H](O)c3ccc(c(Cl)c3)Oc3cc2cc(c3O[C@@H]2O[C@H](CO)[C@@H](O)[C@H](O)[C@H]2O[C@H]2C[C@](C)(N)[C@H](O)[C@H](C)O2)Oc2ccc(cc2Cl)[C@H]1O. The second-order valence-electron chi connectivity index (χ2n) is 21.6. The maximum Gasteiger partial charge on any atom is 0.247 e. The van der Waals surface area contributed by atoms with E-state index in [1.165, 1.54) is 64.3 Å². The molecule has 17 N–H and O–H groups in total. The van der Waals surface area contributed by atoms with Crippen molar-refractivity contribution in [3.8, 4) is 28.7 Å². The van der Waals surface area contributed by atoms with Crippen molar-refractivity contribution in [1.82, 2.24) is 37.2 Å². The number of nitrogens with two attached hydrogens (primary N) is 2. The molecule has 0 radical (unpaired) electrons. The maximum absolute atomic E-state index is 15.0. The molecule has 6 aliphatic rings. The van der Waals surface area contributed by atoms with Crippen LogP contribution in [0, 0.1) is 5.92 Å². The van der Waals surface area contributed by atoms with Gasteiger partial charge in [0.15, 0.2) is 23.9 Å². The number of carbonyl (C=O) groups excluding carboxylic acids is 7. The summed E-state index contributed by atoms with van der Waals surface area (Å²) in [5, 5.41) is 84.9. The Kier molecular flexibility index (Phi) is 21.1. The second kappa shape index (κ2) is 27.2. The molecule has 7 amide bonds. The first-order chi connectivity index (χ1) is 39.5. The van der Waals surface area contributed by atoms with Crippen molar-refractivity contribution in [2.45, 2.75) is 157 Å². The highest BCUT2D eigenvalue weighted by Crippen LogP contribution is 2.48. The number of nitrogens with one attached hydrogen (secondary N) is 7. The predicted octanol–water partition coefficient (Wildman–Crippen LogP) is -1.54. The minimum Gasteiger partial charge on any atom is -0.454 e. The number of carbonyl (C=O) groups is 7. The molecule has 17 atom stereocenters. The monoisotopic (exact) mass is 1220 g/mol. The van der Waals surface area contributed by atoms with Crippen molar-refractivity contribution in [2.24, 2.45) is 17.4 Å². The molecule has 0 saturated carbocycles. The van der Waals surface area contributed by atoms with E-state index in [9.17, 15) is 64.2 Å². The van der Waals surface area contributed by atoms with E-state index in [0.29, 0.717) is 0 Å². The smallest absolute Gasteiger partial charge is 0.247 e. The number of fused-ring (bicyclic) bond motifs is 16. The van der Waals surface area contributed by atoms with Crippen molar-refractivity contribution in [2.75, 3.05) is 20.7 Å². The lowest BCUT2D eigenvalue weighted by Gasteiger charge is -2.47. The zero-order valence-electron chi connectivity index (χ0n) is 46.7. The van der Waals surface area contributed by atoms with Gasteiger partial charge in [-0.1, -0.05) is 49.2 Å². The number of hydrogen-bond donors (Lipinski definition) is 15. The Balaban J connectivity index is 1.49. The van der Waals surface area contributed by atoms with Crippen molar-refractivity contribution < 1.29 is 92.6 Å². The number of benzene rings is 3. The first kappa shape index (κ1) is 65.0. The molecule has 0 aliphatic carbocycles. The lowest BCUT2D eigenvalue weighted by Crippen LogP contribution is -2.64. The maximum atomic E-state index is 15.0. The average Bonchev–Trinajstić information content (AvgIpc) is 3.57. The van der Waals surface area contributed by atoms with Gasteiger partial charge in [0.25, 0.3) is 0 Å². The van der Waals surface area contributed by atoms with Gasteiger partial charge < -0.3 is 108 Å². The quantitative estimate of drug-likeness (QED) is 0.0922. The van der Waals surface area contributed by atoms with E-state index in [0.717, 1.165) is 12.1 Å². The fourth-order valence-electron chi connectivity index (χ4n) is 9.93. The molecule has 2 saturated heterocycles. The summed E-state index contributed by atoms with van der Waals surface area (Å²) in [4.78, 5) is 98.2. The van der Waals surface area contributed by atoms with Gasteiger partial charge in [0.2, 0.25) is 53.4 Å². The summed E-state index contributed by atoms with van der Waals surface area (Å²) >= 11 is 13.9. The molecular formula is C54H71Cl2N9O19. The molecular weight excluding hydrogens is 1150 g/mol. The number of aliphatic hydroxyl groups excluding tert-OH is 6. The van der Waals surface area contributed by atoms with E-state index < -0.39 is 175 Å². The van der Waals surface area contributed by atoms with Crippen molar-refractivity contribution >= 4 is 64.6 Å². The van der Waals surface area contributed by atoms with E-state index in [1.54, 1.807) is 6.92 Å². The van der Waals surface area contributed by atoms with E-state index in [1.807, 2.05) is 13.8 Å². The number of amides is 7. The molecule has 30 heteroatoms. The molecule has 84 heavy (non-hydrogen) atoms. The van der Waals surface area contributed by atoms with Crippen LogP contribution in [0.5, 0.6) is 28.7 Å². The molecule has 28 nitrogen and oxygen atoms in total. The Hall–Kier alpha value is -6.51. The number of rotatable bonds is 13. The van der Waals surface area contributed by atoms with Crippen LogP contribution in [0.15, 0.2) is 48.5 Å². The van der Waals surface area contributed by atoms with E-state index in [-0.39, 0.29) is 57.0 Å². The summed E-state index contributed by atoms with van der Waals surface area (Å²) in [5.74, 6) is -9.55. The minimum absolute atomic E-state index is 0.0171. The molecule has 7 bridgehead atoms. The van der Waals surface area contributed by atoms with E-state index in [4.69, 9.17) is 63.1 Å². The molecule has 0 spiro atoms. The Morgan fingerprint density at radius 2 is 1.39 bits per heavy atom. The fraction of sp³-hybridized carbons (Fsp3) is 0.537. The fourth-order valence-corrected chi connectivity index (χ4v) is 10.4. The Morgan fingerprint density at radius 1 is 0.786 bits per heavy atom. The lowest BCUT2D eigenvalue weighted by molar-refractivity contribution is -0.333. The summed E-state index contributed by atoms with van der Waals surface area (Å²) in [6.07, 6.45) is -17.1. The first-order valence-corrected chi connectivity index (χ1v) is 27.6. The van der Waals surface area contributed by atoms with Gasteiger partial charge in [-0.2, -0.15) is 0 Å². The summed E-state index contributed by atoms with van der Waals surface area (Å²) in [7, 11) is 2.75. The largest absolute Gasteiger partial charge is 0.454 e. The van der Waals surface area contributed by atoms with Gasteiger partial charge >= 0.3 is 0 Å². The molecule has 0 aromatic heterocycles. The van der Waals surface area contributed by atoms with E-state index in [2.05, 4.69) is 37.2 Å². The van der Waals surface area contributed by atoms with Crippen molar-refractivity contribution in [1.29, 1.82) is 0 Å². The molecule has 1 unspecified atom stereocenters. The predicted molar refractivity (Wildman–Crippen MR) is 295 cm³/mol. The van der Waals surface area contributed by atoms with Crippen LogP contribution < -0.4 is 62.9 Å². The average molecular weight is 1220 g/mol. The Bertz CT molecular complexity index is 2960. The second-order valence-corrected chi connectivity index (χ2v) is 22.4. The molecule has 2 fully saturated rings. The molecule has 6 heterocycles. The van der Waals surface area contributed by atoms with Crippen LogP contribution in [-0.2, 0) is 47.8 Å². The highest BCUT2D eigenvalue weighted by Gasteiger charge is 2.51. The molecule has 3 aromatic rings. The van der Waals surface area contributed by atoms with Crippen LogP contribution in [0.3, 0.4) is 0 Å². The van der Waals surface area contributed by atoms with Crippen LogP contribution in [0.2, 0.25) is 10.0 Å². The van der Waals surface area contributed by atoms with Crippen LogP contribution >= 0.6 is 23.2 Å². The van der Waals surface area contributed by atoms with E-state index >= 15 is 0 Å². The topological polar surface area (TPSA) is 433 Å². The van der Waals surface area contributed by atoms with Gasteiger partial charge in [0, 0.05) is 19.0 Å². The summed E-state index contributed by atoms with van der Waals surface area (Å²) in [6.45, 7) is 7.07. The van der Waals surface area contributed by atoms with Gasteiger partial charge in [0.05, 0.1) is 41.3 Å². The van der Waals surface area contributed by atoms with Crippen LogP contribution in [0.25, 0.3) is 0 Å². The van der Waals surface area contributed by atoms with Crippen LogP contribution in [0.1, 0.15) is 88.8 Å². The third-order valence-electron chi connectivity index (χ3n) is 14.6. The summed E-state index contributed by atoms with van der Waals surface area (Å²) < 4.78 is 37.9. The number of halogens is 2. The Morgan fingerprint density at radius 3 is 1.93 bits per heavy atom. The Labute approximate surface area is 491 Å². The lowest BCUT2D eigenvalue weighted by atomic mass is 9.86. The highest BCUT2D eigenvalue weighted by molar-refractivity contribution is 6.32. The zero-order chi connectivity index (χ0) is 61.8. The third kappa shape index (κ3) is 14.8. The van der Waals surface area contributed by atoms with Crippen LogP contribution in [-0.4, -0.2) is 178 Å². The van der Waals surface area contributed by atoms with Gasteiger partial charge in [-0.25, -0.2) is 0 Å².